The first-order valence-electron chi connectivity index (χ1n) is 7.70. The first-order valence-corrected chi connectivity index (χ1v) is 8.88. The quantitative estimate of drug-likeness (QED) is 0.609. The Morgan fingerprint density at radius 3 is 2.33 bits per heavy atom. The van der Waals surface area contributed by atoms with Gasteiger partial charge in [0.2, 0.25) is 5.91 Å². The van der Waals surface area contributed by atoms with Gasteiger partial charge in [-0.1, -0.05) is 17.7 Å². The lowest BCUT2D eigenvalue weighted by Gasteiger charge is -2.13. The molecule has 0 unspecified atom stereocenters. The number of allylic oxidation sites excluding steroid dienone is 1. The zero-order chi connectivity index (χ0) is 20.1. The van der Waals surface area contributed by atoms with Gasteiger partial charge in [0.15, 0.2) is 11.5 Å². The molecule has 0 aliphatic carbocycles. The number of carboxylic acids is 1. The summed E-state index contributed by atoms with van der Waals surface area (Å²) >= 11 is 9.31. The van der Waals surface area contributed by atoms with Crippen LogP contribution < -0.4 is 14.8 Å². The van der Waals surface area contributed by atoms with Crippen molar-refractivity contribution in [3.8, 4) is 11.5 Å². The van der Waals surface area contributed by atoms with Gasteiger partial charge in [0.1, 0.15) is 0 Å². The van der Waals surface area contributed by atoms with E-state index in [4.69, 9.17) is 21.1 Å². The fourth-order valence-electron chi connectivity index (χ4n) is 2.35. The van der Waals surface area contributed by atoms with Gasteiger partial charge in [-0.3, -0.25) is 4.79 Å². The van der Waals surface area contributed by atoms with Crippen LogP contribution in [0.4, 0.5) is 5.69 Å². The maximum atomic E-state index is 12.4. The number of carboxylic acid groups (broad SMARTS) is 1. The maximum absolute atomic E-state index is 12.4. The van der Waals surface area contributed by atoms with E-state index in [0.29, 0.717) is 20.8 Å². The Morgan fingerprint density at radius 2 is 1.78 bits per heavy atom. The molecule has 0 heterocycles. The van der Waals surface area contributed by atoms with Gasteiger partial charge in [0, 0.05) is 22.7 Å². The second-order valence-electron chi connectivity index (χ2n) is 5.50. The minimum atomic E-state index is -1.20. The minimum absolute atomic E-state index is 0.103. The lowest BCUT2D eigenvalue weighted by atomic mass is 10.1. The molecule has 1 amide bonds. The predicted molar refractivity (Wildman–Crippen MR) is 108 cm³/mol. The minimum Gasteiger partial charge on any atom is -0.493 e. The Morgan fingerprint density at radius 1 is 1.15 bits per heavy atom. The normalized spacial score (nSPS) is 11.1. The molecule has 0 radical (unpaired) electrons. The van der Waals surface area contributed by atoms with Gasteiger partial charge in [0.25, 0.3) is 0 Å². The van der Waals surface area contributed by atoms with Crippen LogP contribution in [-0.4, -0.2) is 31.2 Å². The van der Waals surface area contributed by atoms with Gasteiger partial charge in [-0.25, -0.2) is 4.79 Å². The van der Waals surface area contributed by atoms with E-state index in [1.165, 1.54) is 32.4 Å². The molecule has 0 saturated carbocycles. The van der Waals surface area contributed by atoms with Crippen molar-refractivity contribution >= 4 is 50.7 Å². The molecule has 2 aromatic rings. The third-order valence-corrected chi connectivity index (χ3v) is 4.95. The van der Waals surface area contributed by atoms with Gasteiger partial charge < -0.3 is 19.9 Å². The van der Waals surface area contributed by atoms with Gasteiger partial charge in [-0.05, 0) is 46.1 Å². The first-order chi connectivity index (χ1) is 12.8. The summed E-state index contributed by atoms with van der Waals surface area (Å²) in [4.78, 5) is 23.9. The van der Waals surface area contributed by atoms with Crippen LogP contribution in [0, 0.1) is 0 Å². The Kier molecular flexibility index (Phi) is 6.87. The number of carbonyl (C=O) groups is 2. The summed E-state index contributed by atoms with van der Waals surface area (Å²) in [7, 11) is 2.82. The highest BCUT2D eigenvalue weighted by Gasteiger charge is 2.17. The fraction of sp³-hybridized carbons (Fsp3) is 0.158. The first kappa shape index (κ1) is 20.8. The van der Waals surface area contributed by atoms with Crippen molar-refractivity contribution in [1.29, 1.82) is 0 Å². The zero-order valence-electron chi connectivity index (χ0n) is 14.8. The molecule has 6 nitrogen and oxygen atoms in total. The fourth-order valence-corrected chi connectivity index (χ4v) is 2.85. The summed E-state index contributed by atoms with van der Waals surface area (Å²) in [6, 6.07) is 7.99. The number of carbonyl (C=O) groups excluding carboxylic acids is 1. The summed E-state index contributed by atoms with van der Waals surface area (Å²) in [5.74, 6) is -1.12. The average Bonchev–Trinajstić information content (AvgIpc) is 2.63. The Hall–Kier alpha value is -2.51. The Balaban J connectivity index is 2.33. The van der Waals surface area contributed by atoms with Gasteiger partial charge in [0.05, 0.1) is 30.5 Å². The highest BCUT2D eigenvalue weighted by molar-refractivity contribution is 9.10. The number of rotatable bonds is 6. The zero-order valence-corrected chi connectivity index (χ0v) is 17.1. The molecule has 0 aliphatic heterocycles. The molecule has 0 saturated heterocycles. The highest BCUT2D eigenvalue weighted by atomic mass is 79.9. The van der Waals surface area contributed by atoms with Crippen molar-refractivity contribution in [3.63, 3.8) is 0 Å². The molecule has 2 N–H and O–H groups in total. The number of nitrogens with one attached hydrogen (secondary N) is 1. The molecule has 0 spiro atoms. The molecule has 0 aromatic heterocycles. The van der Waals surface area contributed by atoms with Crippen molar-refractivity contribution < 1.29 is 24.2 Å². The molecule has 0 aliphatic rings. The van der Waals surface area contributed by atoms with E-state index in [-0.39, 0.29) is 17.0 Å². The van der Waals surface area contributed by atoms with Crippen molar-refractivity contribution in [2.45, 2.75) is 6.92 Å². The standard InChI is InChI=1S/C19H17BrClNO5/c1-10(11-4-5-14(21)13(20)7-11)6-18(23)22-15-9-17(27-3)16(26-2)8-12(15)19(24)25/h4-9H,1-3H3,(H,22,23)(H,24,25). The van der Waals surface area contributed by atoms with E-state index in [9.17, 15) is 14.7 Å². The van der Waals surface area contributed by atoms with Gasteiger partial charge >= 0.3 is 5.97 Å². The van der Waals surface area contributed by atoms with Crippen LogP contribution in [0.1, 0.15) is 22.8 Å². The predicted octanol–water partition coefficient (Wildman–Crippen LogP) is 4.86. The van der Waals surface area contributed by atoms with E-state index in [0.717, 1.165) is 5.56 Å². The molecule has 2 rings (SSSR count). The Labute approximate surface area is 169 Å². The number of amides is 1. The number of ether oxygens (including phenoxy) is 2. The smallest absolute Gasteiger partial charge is 0.337 e. The van der Waals surface area contributed by atoms with Crippen LogP contribution in [0.5, 0.6) is 11.5 Å². The number of methoxy groups -OCH3 is 2. The van der Waals surface area contributed by atoms with E-state index < -0.39 is 11.9 Å². The summed E-state index contributed by atoms with van der Waals surface area (Å²) in [5.41, 5.74) is 1.47. The summed E-state index contributed by atoms with van der Waals surface area (Å²) in [6.07, 6.45) is 1.37. The summed E-state index contributed by atoms with van der Waals surface area (Å²) in [6.45, 7) is 1.77. The lowest BCUT2D eigenvalue weighted by molar-refractivity contribution is -0.111. The molecule has 0 fully saturated rings. The number of anilines is 1. The molecular formula is C19H17BrClNO5. The summed E-state index contributed by atoms with van der Waals surface area (Å²) in [5, 5.41) is 12.5. The third-order valence-electron chi connectivity index (χ3n) is 3.73. The van der Waals surface area contributed by atoms with E-state index in [2.05, 4.69) is 21.2 Å². The maximum Gasteiger partial charge on any atom is 0.337 e. The largest absolute Gasteiger partial charge is 0.493 e. The SMILES string of the molecule is COc1cc(NC(=O)C=C(C)c2ccc(Cl)c(Br)c2)c(C(=O)O)cc1OC. The second kappa shape index (κ2) is 8.92. The van der Waals surface area contributed by atoms with Gasteiger partial charge in [-0.15, -0.1) is 0 Å². The second-order valence-corrected chi connectivity index (χ2v) is 6.76. The van der Waals surface area contributed by atoms with Crippen LogP contribution in [0.2, 0.25) is 5.02 Å². The van der Waals surface area contributed by atoms with Crippen LogP contribution in [0.3, 0.4) is 0 Å². The third kappa shape index (κ3) is 5.02. The molecule has 27 heavy (non-hydrogen) atoms. The molecule has 142 valence electrons. The van der Waals surface area contributed by atoms with E-state index >= 15 is 0 Å². The number of halogens is 2. The average molecular weight is 455 g/mol. The molecular weight excluding hydrogens is 438 g/mol. The number of hydrogen-bond acceptors (Lipinski definition) is 4. The Bertz CT molecular complexity index is 927. The monoisotopic (exact) mass is 453 g/mol. The topological polar surface area (TPSA) is 84.9 Å². The van der Waals surface area contributed by atoms with Crippen LogP contribution >= 0.6 is 27.5 Å². The van der Waals surface area contributed by atoms with Crippen LogP contribution in [-0.2, 0) is 4.79 Å². The van der Waals surface area contributed by atoms with Gasteiger partial charge in [-0.2, -0.15) is 0 Å². The van der Waals surface area contributed by atoms with E-state index in [1.807, 2.05) is 0 Å². The van der Waals surface area contributed by atoms with E-state index in [1.54, 1.807) is 25.1 Å². The van der Waals surface area contributed by atoms with Crippen molar-refractivity contribution in [1.82, 2.24) is 0 Å². The van der Waals surface area contributed by atoms with Crippen molar-refractivity contribution in [2.24, 2.45) is 0 Å². The molecule has 0 bridgehead atoms. The lowest BCUT2D eigenvalue weighted by Crippen LogP contribution is -2.13. The highest BCUT2D eigenvalue weighted by Crippen LogP contribution is 2.33. The number of hydrogen-bond donors (Lipinski definition) is 2. The molecule has 8 heteroatoms. The van der Waals surface area contributed by atoms with Crippen molar-refractivity contribution in [2.75, 3.05) is 19.5 Å². The number of aromatic carboxylic acids is 1. The summed E-state index contributed by atoms with van der Waals surface area (Å²) < 4.78 is 11.0. The number of benzene rings is 2. The van der Waals surface area contributed by atoms with Crippen LogP contribution in [0.25, 0.3) is 5.57 Å². The molecule has 0 atom stereocenters. The van der Waals surface area contributed by atoms with Crippen LogP contribution in [0.15, 0.2) is 40.9 Å². The van der Waals surface area contributed by atoms with Crippen molar-refractivity contribution in [3.05, 3.63) is 57.0 Å². The molecule has 2 aromatic carbocycles.